The lowest BCUT2D eigenvalue weighted by atomic mass is 10.0. The van der Waals surface area contributed by atoms with Crippen molar-refractivity contribution in [1.29, 1.82) is 5.26 Å². The minimum atomic E-state index is -0.654. The number of nitriles is 1. The average Bonchev–Trinajstić information content (AvgIpc) is 2.47. The van der Waals surface area contributed by atoms with Crippen LogP contribution >= 0.6 is 0 Å². The van der Waals surface area contributed by atoms with Gasteiger partial charge < -0.3 is 9.84 Å². The van der Waals surface area contributed by atoms with Gasteiger partial charge in [-0.3, -0.25) is 0 Å². The summed E-state index contributed by atoms with van der Waals surface area (Å²) in [4.78, 5) is 0. The number of aliphatic hydroxyl groups excluding tert-OH is 1. The number of nitrogens with zero attached hydrogens (tertiary/aromatic N) is 1. The average molecular weight is 281 g/mol. The zero-order valence-electron chi connectivity index (χ0n) is 12.8. The first kappa shape index (κ1) is 15.1. The van der Waals surface area contributed by atoms with Gasteiger partial charge in [-0.1, -0.05) is 18.2 Å². The summed E-state index contributed by atoms with van der Waals surface area (Å²) < 4.78 is 6.04. The van der Waals surface area contributed by atoms with Crippen LogP contribution in [0, 0.1) is 32.1 Å². The van der Waals surface area contributed by atoms with Crippen molar-refractivity contribution in [2.24, 2.45) is 0 Å². The number of rotatable bonds is 3. The second-order valence-corrected chi connectivity index (χ2v) is 5.30. The fourth-order valence-electron chi connectivity index (χ4n) is 2.23. The summed E-state index contributed by atoms with van der Waals surface area (Å²) in [5.74, 6) is 1.31. The smallest absolute Gasteiger partial charge is 0.134 e. The Morgan fingerprint density at radius 1 is 1.10 bits per heavy atom. The third-order valence-corrected chi connectivity index (χ3v) is 3.68. The number of benzene rings is 2. The van der Waals surface area contributed by atoms with E-state index in [0.717, 1.165) is 22.4 Å². The zero-order chi connectivity index (χ0) is 15.6. The van der Waals surface area contributed by atoms with E-state index in [9.17, 15) is 5.11 Å². The highest BCUT2D eigenvalue weighted by Gasteiger charge is 2.14. The molecule has 0 aliphatic rings. The summed E-state index contributed by atoms with van der Waals surface area (Å²) in [6.45, 7) is 7.71. The maximum absolute atomic E-state index is 9.88. The Bertz CT molecular complexity index is 712. The van der Waals surface area contributed by atoms with Crippen molar-refractivity contribution in [3.8, 4) is 17.6 Å². The van der Waals surface area contributed by atoms with Crippen LogP contribution in [0.1, 0.15) is 40.8 Å². The van der Waals surface area contributed by atoms with Crippen molar-refractivity contribution in [3.05, 3.63) is 58.1 Å². The topological polar surface area (TPSA) is 53.2 Å². The maximum atomic E-state index is 9.88. The van der Waals surface area contributed by atoms with Gasteiger partial charge in [0, 0.05) is 5.56 Å². The van der Waals surface area contributed by atoms with Crippen LogP contribution in [-0.2, 0) is 0 Å². The van der Waals surface area contributed by atoms with Crippen molar-refractivity contribution >= 4 is 0 Å². The van der Waals surface area contributed by atoms with Gasteiger partial charge in [0.1, 0.15) is 11.5 Å². The van der Waals surface area contributed by atoms with Gasteiger partial charge >= 0.3 is 0 Å². The van der Waals surface area contributed by atoms with E-state index in [0.29, 0.717) is 16.9 Å². The summed E-state index contributed by atoms with van der Waals surface area (Å²) in [5.41, 5.74) is 4.42. The SMILES string of the molecule is Cc1ccc(C)c(Oc2cc(C#N)ccc2C(C)O)c1C. The van der Waals surface area contributed by atoms with E-state index in [4.69, 9.17) is 10.00 Å². The number of hydrogen-bond donors (Lipinski definition) is 1. The van der Waals surface area contributed by atoms with E-state index in [1.807, 2.05) is 26.8 Å². The molecule has 1 atom stereocenters. The lowest BCUT2D eigenvalue weighted by molar-refractivity contribution is 0.195. The first-order valence-corrected chi connectivity index (χ1v) is 6.90. The first-order valence-electron chi connectivity index (χ1n) is 6.90. The molecular weight excluding hydrogens is 262 g/mol. The monoisotopic (exact) mass is 281 g/mol. The Morgan fingerprint density at radius 3 is 2.38 bits per heavy atom. The molecule has 1 N–H and O–H groups in total. The fraction of sp³-hybridized carbons (Fsp3) is 0.278. The molecule has 3 heteroatoms. The normalized spacial score (nSPS) is 11.8. The van der Waals surface area contributed by atoms with E-state index in [2.05, 4.69) is 12.1 Å². The minimum absolute atomic E-state index is 0.511. The summed E-state index contributed by atoms with van der Waals surface area (Å²) in [5, 5.41) is 18.9. The molecule has 0 radical (unpaired) electrons. The Balaban J connectivity index is 2.53. The van der Waals surface area contributed by atoms with Crippen LogP contribution < -0.4 is 4.74 Å². The molecule has 1 unspecified atom stereocenters. The molecule has 108 valence electrons. The predicted octanol–water partition coefficient (Wildman–Crippen LogP) is 4.33. The second-order valence-electron chi connectivity index (χ2n) is 5.30. The summed E-state index contributed by atoms with van der Waals surface area (Å²) >= 11 is 0. The highest BCUT2D eigenvalue weighted by atomic mass is 16.5. The van der Waals surface area contributed by atoms with E-state index in [1.165, 1.54) is 0 Å². The van der Waals surface area contributed by atoms with E-state index < -0.39 is 6.10 Å². The van der Waals surface area contributed by atoms with Gasteiger partial charge in [0.25, 0.3) is 0 Å². The van der Waals surface area contributed by atoms with Gasteiger partial charge in [-0.05, 0) is 56.5 Å². The molecule has 21 heavy (non-hydrogen) atoms. The van der Waals surface area contributed by atoms with Crippen molar-refractivity contribution in [3.63, 3.8) is 0 Å². The molecule has 0 saturated heterocycles. The molecule has 0 aromatic heterocycles. The lowest BCUT2D eigenvalue weighted by Gasteiger charge is -2.17. The van der Waals surface area contributed by atoms with Gasteiger partial charge in [-0.15, -0.1) is 0 Å². The summed E-state index contributed by atoms with van der Waals surface area (Å²) in [7, 11) is 0. The zero-order valence-corrected chi connectivity index (χ0v) is 12.8. The van der Waals surface area contributed by atoms with Crippen molar-refractivity contribution in [2.45, 2.75) is 33.8 Å². The van der Waals surface area contributed by atoms with Gasteiger partial charge in [0.15, 0.2) is 0 Å². The third-order valence-electron chi connectivity index (χ3n) is 3.68. The molecular formula is C18H19NO2. The Morgan fingerprint density at radius 2 is 1.76 bits per heavy atom. The highest BCUT2D eigenvalue weighted by Crippen LogP contribution is 2.35. The summed E-state index contributed by atoms with van der Waals surface area (Å²) in [6, 6.07) is 11.3. The van der Waals surface area contributed by atoms with Crippen LogP contribution in [0.25, 0.3) is 0 Å². The highest BCUT2D eigenvalue weighted by molar-refractivity contribution is 5.50. The maximum Gasteiger partial charge on any atom is 0.134 e. The molecule has 0 bridgehead atoms. The number of ether oxygens (including phenoxy) is 1. The van der Waals surface area contributed by atoms with Gasteiger partial charge in [0.05, 0.1) is 17.7 Å². The van der Waals surface area contributed by atoms with Crippen LogP contribution in [0.4, 0.5) is 0 Å². The van der Waals surface area contributed by atoms with Crippen LogP contribution in [-0.4, -0.2) is 5.11 Å². The molecule has 3 nitrogen and oxygen atoms in total. The van der Waals surface area contributed by atoms with Crippen LogP contribution in [0.3, 0.4) is 0 Å². The number of hydrogen-bond acceptors (Lipinski definition) is 3. The lowest BCUT2D eigenvalue weighted by Crippen LogP contribution is -1.99. The molecule has 2 aromatic carbocycles. The molecule has 0 aliphatic heterocycles. The summed E-state index contributed by atoms with van der Waals surface area (Å²) in [6.07, 6.45) is -0.654. The number of aliphatic hydroxyl groups is 1. The van der Waals surface area contributed by atoms with Crippen molar-refractivity contribution in [2.75, 3.05) is 0 Å². The standard InChI is InChI=1S/C18H19NO2/c1-11-5-6-12(2)18(13(11)3)21-17-9-15(10-19)7-8-16(17)14(4)20/h5-9,14,20H,1-4H3. The molecule has 0 heterocycles. The van der Waals surface area contributed by atoms with Crippen LogP contribution in [0.15, 0.2) is 30.3 Å². The van der Waals surface area contributed by atoms with Crippen LogP contribution in [0.5, 0.6) is 11.5 Å². The fourth-order valence-corrected chi connectivity index (χ4v) is 2.23. The second kappa shape index (κ2) is 5.99. The molecule has 0 fully saturated rings. The van der Waals surface area contributed by atoms with Gasteiger partial charge in [-0.2, -0.15) is 5.26 Å². The molecule has 0 aliphatic carbocycles. The third kappa shape index (κ3) is 3.07. The number of aryl methyl sites for hydroxylation is 2. The molecule has 2 rings (SSSR count). The van der Waals surface area contributed by atoms with Crippen LogP contribution in [0.2, 0.25) is 0 Å². The van der Waals surface area contributed by atoms with Crippen molar-refractivity contribution in [1.82, 2.24) is 0 Å². The van der Waals surface area contributed by atoms with E-state index >= 15 is 0 Å². The quantitative estimate of drug-likeness (QED) is 0.911. The first-order chi connectivity index (χ1) is 9.93. The van der Waals surface area contributed by atoms with Crippen molar-refractivity contribution < 1.29 is 9.84 Å². The molecule has 2 aromatic rings. The molecule has 0 spiro atoms. The van der Waals surface area contributed by atoms with E-state index in [1.54, 1.807) is 25.1 Å². The molecule has 0 saturated carbocycles. The van der Waals surface area contributed by atoms with E-state index in [-0.39, 0.29) is 0 Å². The minimum Gasteiger partial charge on any atom is -0.456 e. The largest absolute Gasteiger partial charge is 0.456 e. The van der Waals surface area contributed by atoms with Gasteiger partial charge in [-0.25, -0.2) is 0 Å². The Hall–Kier alpha value is -2.31. The molecule has 0 amide bonds. The predicted molar refractivity (Wildman–Crippen MR) is 82.5 cm³/mol. The van der Waals surface area contributed by atoms with Gasteiger partial charge in [0.2, 0.25) is 0 Å². The Kier molecular flexibility index (Phi) is 4.30. The Labute approximate surface area is 125 Å².